The zero-order chi connectivity index (χ0) is 7.84. The Kier molecular flexibility index (Phi) is 1.24. The molecule has 1 N–H and O–H groups in total. The minimum absolute atomic E-state index is 0.0139. The molecule has 0 fully saturated rings. The Labute approximate surface area is 65.0 Å². The highest BCUT2D eigenvalue weighted by Gasteiger charge is 2.26. The van der Waals surface area contributed by atoms with Crippen LogP contribution in [0.3, 0.4) is 0 Å². The van der Waals surface area contributed by atoms with E-state index in [1.807, 2.05) is 29.8 Å². The third-order valence-electron chi connectivity index (χ3n) is 2.06. The number of aromatic nitrogens is 1. The molecule has 0 saturated heterocycles. The van der Waals surface area contributed by atoms with Crippen molar-refractivity contribution >= 4 is 11.7 Å². The number of fused-ring (bicyclic) bond motifs is 1. The molecule has 0 aliphatic carbocycles. The van der Waals surface area contributed by atoms with Gasteiger partial charge in [-0.25, -0.2) is 0 Å². The summed E-state index contributed by atoms with van der Waals surface area (Å²) in [7, 11) is 0. The Balaban J connectivity index is 2.43. The number of rotatable bonds is 1. The van der Waals surface area contributed by atoms with Gasteiger partial charge in [0.25, 0.3) is 0 Å². The van der Waals surface area contributed by atoms with Crippen LogP contribution in [0.2, 0.25) is 0 Å². The monoisotopic (exact) mass is 150 g/mol. The molecular formula is C8H10N2O. The van der Waals surface area contributed by atoms with Crippen molar-refractivity contribution in [1.82, 2.24) is 4.57 Å². The Morgan fingerprint density at radius 1 is 1.73 bits per heavy atom. The SMILES string of the molecule is CCC1C(=O)Nc2cccn21. The summed E-state index contributed by atoms with van der Waals surface area (Å²) in [6, 6.07) is 3.87. The maximum absolute atomic E-state index is 11.2. The number of hydrogen-bond acceptors (Lipinski definition) is 1. The van der Waals surface area contributed by atoms with Gasteiger partial charge in [-0.2, -0.15) is 0 Å². The highest BCUT2D eigenvalue weighted by atomic mass is 16.2. The first-order chi connectivity index (χ1) is 5.33. The predicted octanol–water partition coefficient (Wildman–Crippen LogP) is 1.39. The number of anilines is 1. The highest BCUT2D eigenvalue weighted by molar-refractivity contribution is 5.97. The van der Waals surface area contributed by atoms with Gasteiger partial charge in [0.1, 0.15) is 11.9 Å². The number of nitrogens with zero attached hydrogens (tertiary/aromatic N) is 1. The lowest BCUT2D eigenvalue weighted by molar-refractivity contribution is -0.118. The molecular weight excluding hydrogens is 140 g/mol. The van der Waals surface area contributed by atoms with Gasteiger partial charge in [-0.05, 0) is 18.6 Å². The van der Waals surface area contributed by atoms with E-state index >= 15 is 0 Å². The summed E-state index contributed by atoms with van der Waals surface area (Å²) in [5, 5.41) is 2.80. The first-order valence-electron chi connectivity index (χ1n) is 3.80. The predicted molar refractivity (Wildman–Crippen MR) is 42.4 cm³/mol. The Hall–Kier alpha value is -1.25. The molecule has 1 atom stereocenters. The van der Waals surface area contributed by atoms with E-state index in [9.17, 15) is 4.79 Å². The van der Waals surface area contributed by atoms with Crippen molar-refractivity contribution in [3.8, 4) is 0 Å². The largest absolute Gasteiger partial charge is 0.322 e. The van der Waals surface area contributed by atoms with Gasteiger partial charge in [-0.1, -0.05) is 6.92 Å². The number of hydrogen-bond donors (Lipinski definition) is 1. The summed E-state index contributed by atoms with van der Waals surface area (Å²) in [6.45, 7) is 2.01. The molecule has 1 amide bonds. The molecule has 0 spiro atoms. The van der Waals surface area contributed by atoms with E-state index in [0.717, 1.165) is 12.2 Å². The Morgan fingerprint density at radius 2 is 2.55 bits per heavy atom. The lowest BCUT2D eigenvalue weighted by atomic mass is 10.2. The van der Waals surface area contributed by atoms with Gasteiger partial charge in [0.15, 0.2) is 0 Å². The van der Waals surface area contributed by atoms with E-state index in [1.54, 1.807) is 0 Å². The average Bonchev–Trinajstić information content (AvgIpc) is 2.46. The third-order valence-corrected chi connectivity index (χ3v) is 2.06. The third kappa shape index (κ3) is 0.770. The van der Waals surface area contributed by atoms with Crippen molar-refractivity contribution in [2.45, 2.75) is 19.4 Å². The van der Waals surface area contributed by atoms with Gasteiger partial charge in [0, 0.05) is 6.20 Å². The zero-order valence-corrected chi connectivity index (χ0v) is 6.37. The summed E-state index contributed by atoms with van der Waals surface area (Å²) < 4.78 is 1.97. The van der Waals surface area contributed by atoms with Gasteiger partial charge in [0.05, 0.1) is 0 Å². The standard InChI is InChI=1S/C8H10N2O/c1-2-6-8(11)9-7-4-3-5-10(6)7/h3-6H,2H2,1H3,(H,9,11). The molecule has 3 heteroatoms. The number of carbonyl (C=O) groups is 1. The van der Waals surface area contributed by atoms with Gasteiger partial charge in [-0.15, -0.1) is 0 Å². The molecule has 1 aliphatic heterocycles. The smallest absolute Gasteiger partial charge is 0.248 e. The molecule has 0 radical (unpaired) electrons. The molecule has 0 saturated carbocycles. The van der Waals surface area contributed by atoms with Crippen LogP contribution in [0.5, 0.6) is 0 Å². The van der Waals surface area contributed by atoms with Gasteiger partial charge < -0.3 is 9.88 Å². The Bertz CT molecular complexity index is 290. The minimum atomic E-state index is 0.0139. The van der Waals surface area contributed by atoms with Gasteiger partial charge in [-0.3, -0.25) is 4.79 Å². The van der Waals surface area contributed by atoms with Crippen molar-refractivity contribution in [2.75, 3.05) is 5.32 Å². The van der Waals surface area contributed by atoms with Gasteiger partial charge in [0.2, 0.25) is 5.91 Å². The Morgan fingerprint density at radius 3 is 3.27 bits per heavy atom. The lowest BCUT2D eigenvalue weighted by Gasteiger charge is -2.04. The van der Waals surface area contributed by atoms with E-state index in [2.05, 4.69) is 5.32 Å². The molecule has 0 aromatic carbocycles. The minimum Gasteiger partial charge on any atom is -0.322 e. The second-order valence-electron chi connectivity index (χ2n) is 2.71. The molecule has 2 heterocycles. The maximum Gasteiger partial charge on any atom is 0.248 e. The molecule has 1 aromatic rings. The van der Waals surface area contributed by atoms with Crippen LogP contribution in [0.4, 0.5) is 5.82 Å². The number of nitrogens with one attached hydrogen (secondary N) is 1. The van der Waals surface area contributed by atoms with Gasteiger partial charge >= 0.3 is 0 Å². The summed E-state index contributed by atoms with van der Waals surface area (Å²) >= 11 is 0. The molecule has 1 aliphatic rings. The van der Waals surface area contributed by atoms with Crippen molar-refractivity contribution in [3.05, 3.63) is 18.3 Å². The fourth-order valence-electron chi connectivity index (χ4n) is 1.49. The first kappa shape index (κ1) is 6.46. The van der Waals surface area contributed by atoms with Crippen LogP contribution in [-0.4, -0.2) is 10.5 Å². The molecule has 11 heavy (non-hydrogen) atoms. The summed E-state index contributed by atoms with van der Waals surface area (Å²) in [5.74, 6) is 1.03. The van der Waals surface area contributed by atoms with Crippen LogP contribution < -0.4 is 5.32 Å². The molecule has 0 bridgehead atoms. The maximum atomic E-state index is 11.2. The van der Waals surface area contributed by atoms with E-state index in [1.165, 1.54) is 0 Å². The molecule has 1 unspecified atom stereocenters. The fraction of sp³-hybridized carbons (Fsp3) is 0.375. The summed E-state index contributed by atoms with van der Waals surface area (Å²) in [5.41, 5.74) is 0. The lowest BCUT2D eigenvalue weighted by Crippen LogP contribution is -2.13. The normalized spacial score (nSPS) is 21.5. The first-order valence-corrected chi connectivity index (χ1v) is 3.80. The van der Waals surface area contributed by atoms with Crippen LogP contribution >= 0.6 is 0 Å². The van der Waals surface area contributed by atoms with Crippen molar-refractivity contribution in [3.63, 3.8) is 0 Å². The van der Waals surface area contributed by atoms with Crippen LogP contribution in [0.25, 0.3) is 0 Å². The quantitative estimate of drug-likeness (QED) is 0.645. The van der Waals surface area contributed by atoms with Crippen molar-refractivity contribution < 1.29 is 4.79 Å². The molecule has 1 aromatic heterocycles. The van der Waals surface area contributed by atoms with Crippen LogP contribution in [0.1, 0.15) is 19.4 Å². The van der Waals surface area contributed by atoms with Crippen LogP contribution in [0.15, 0.2) is 18.3 Å². The topological polar surface area (TPSA) is 34.0 Å². The second-order valence-corrected chi connectivity index (χ2v) is 2.71. The second kappa shape index (κ2) is 2.12. The zero-order valence-electron chi connectivity index (χ0n) is 6.37. The summed E-state index contributed by atoms with van der Waals surface area (Å²) in [4.78, 5) is 11.2. The fourth-order valence-corrected chi connectivity index (χ4v) is 1.49. The van der Waals surface area contributed by atoms with E-state index in [0.29, 0.717) is 0 Å². The molecule has 58 valence electrons. The van der Waals surface area contributed by atoms with E-state index < -0.39 is 0 Å². The van der Waals surface area contributed by atoms with Crippen molar-refractivity contribution in [1.29, 1.82) is 0 Å². The average molecular weight is 150 g/mol. The van der Waals surface area contributed by atoms with Crippen molar-refractivity contribution in [2.24, 2.45) is 0 Å². The highest BCUT2D eigenvalue weighted by Crippen LogP contribution is 2.26. The van der Waals surface area contributed by atoms with E-state index in [4.69, 9.17) is 0 Å². The van der Waals surface area contributed by atoms with E-state index in [-0.39, 0.29) is 11.9 Å². The summed E-state index contributed by atoms with van der Waals surface area (Å²) in [6.07, 6.45) is 2.79. The number of carbonyl (C=O) groups excluding carboxylic acids is 1. The number of amides is 1. The van der Waals surface area contributed by atoms with Crippen LogP contribution in [-0.2, 0) is 4.79 Å². The molecule has 2 rings (SSSR count). The molecule has 3 nitrogen and oxygen atoms in total. The van der Waals surface area contributed by atoms with Crippen LogP contribution in [0, 0.1) is 0 Å².